The first-order valence-electron chi connectivity index (χ1n) is 5.85. The average Bonchev–Trinajstić information content (AvgIpc) is 2.36. The lowest BCUT2D eigenvalue weighted by Gasteiger charge is -2.21. The summed E-state index contributed by atoms with van der Waals surface area (Å²) >= 11 is 0. The molecule has 100 valence electrons. The van der Waals surface area contributed by atoms with Gasteiger partial charge >= 0.3 is 0 Å². The molecule has 0 radical (unpaired) electrons. The summed E-state index contributed by atoms with van der Waals surface area (Å²) in [6, 6.07) is 10.2. The lowest BCUT2D eigenvalue weighted by Crippen LogP contribution is -2.38. The molecule has 1 aromatic rings. The molecular weight excluding hydrogens is 248 g/mol. The van der Waals surface area contributed by atoms with Crippen molar-refractivity contribution < 1.29 is 4.79 Å². The standard InChI is InChI=1S/C14H20N2O.ClH/c1-3-10-16(14(17)12-15-2)11-9-13-7-5-4-6-8-13;/h3-8,15H,1,9-12H2,2H3;1H. The van der Waals surface area contributed by atoms with Crippen LogP contribution >= 0.6 is 12.4 Å². The molecule has 0 saturated heterocycles. The number of nitrogens with zero attached hydrogens (tertiary/aromatic N) is 1. The van der Waals surface area contributed by atoms with Gasteiger partial charge in [-0.3, -0.25) is 4.79 Å². The molecule has 18 heavy (non-hydrogen) atoms. The molecule has 0 saturated carbocycles. The molecule has 1 aromatic carbocycles. The number of carbonyl (C=O) groups is 1. The van der Waals surface area contributed by atoms with E-state index in [0.717, 1.165) is 13.0 Å². The van der Waals surface area contributed by atoms with Crippen LogP contribution in [-0.4, -0.2) is 37.5 Å². The number of amides is 1. The van der Waals surface area contributed by atoms with Gasteiger partial charge in [-0.05, 0) is 19.0 Å². The number of carbonyl (C=O) groups excluding carboxylic acids is 1. The quantitative estimate of drug-likeness (QED) is 0.766. The molecular formula is C14H21ClN2O. The van der Waals surface area contributed by atoms with Crippen LogP contribution in [0.25, 0.3) is 0 Å². The van der Waals surface area contributed by atoms with Crippen LogP contribution in [0.1, 0.15) is 5.56 Å². The van der Waals surface area contributed by atoms with Gasteiger partial charge in [-0.15, -0.1) is 19.0 Å². The van der Waals surface area contributed by atoms with Crippen molar-refractivity contribution in [2.24, 2.45) is 0 Å². The highest BCUT2D eigenvalue weighted by Crippen LogP contribution is 2.01. The Hall–Kier alpha value is -1.32. The Morgan fingerprint density at radius 2 is 2.06 bits per heavy atom. The van der Waals surface area contributed by atoms with E-state index < -0.39 is 0 Å². The zero-order chi connectivity index (χ0) is 12.5. The fourth-order valence-electron chi connectivity index (χ4n) is 1.65. The van der Waals surface area contributed by atoms with Crippen LogP contribution in [0.2, 0.25) is 0 Å². The van der Waals surface area contributed by atoms with Crippen molar-refractivity contribution in [2.45, 2.75) is 6.42 Å². The number of rotatable bonds is 7. The number of nitrogens with one attached hydrogen (secondary N) is 1. The van der Waals surface area contributed by atoms with Crippen molar-refractivity contribution >= 4 is 18.3 Å². The first-order chi connectivity index (χ1) is 8.27. The molecule has 0 aliphatic carbocycles. The Morgan fingerprint density at radius 1 is 1.39 bits per heavy atom. The molecule has 0 unspecified atom stereocenters. The van der Waals surface area contributed by atoms with Crippen LogP contribution in [0, 0.1) is 0 Å². The summed E-state index contributed by atoms with van der Waals surface area (Å²) in [5.41, 5.74) is 1.25. The van der Waals surface area contributed by atoms with E-state index in [4.69, 9.17) is 0 Å². The first-order valence-corrected chi connectivity index (χ1v) is 5.85. The molecule has 4 heteroatoms. The van der Waals surface area contributed by atoms with Crippen LogP contribution in [-0.2, 0) is 11.2 Å². The SMILES string of the molecule is C=CCN(CCc1ccccc1)C(=O)CNC.Cl. The smallest absolute Gasteiger partial charge is 0.236 e. The molecule has 0 atom stereocenters. The second kappa shape index (κ2) is 9.68. The highest BCUT2D eigenvalue weighted by Gasteiger charge is 2.10. The minimum absolute atomic E-state index is 0. The largest absolute Gasteiger partial charge is 0.338 e. The molecule has 0 heterocycles. The molecule has 0 spiro atoms. The second-order valence-electron chi connectivity index (χ2n) is 3.89. The Balaban J connectivity index is 0.00000289. The van der Waals surface area contributed by atoms with Gasteiger partial charge in [-0.25, -0.2) is 0 Å². The summed E-state index contributed by atoms with van der Waals surface area (Å²) < 4.78 is 0. The Bertz CT molecular complexity index is 354. The minimum atomic E-state index is 0. The summed E-state index contributed by atoms with van der Waals surface area (Å²) in [6.07, 6.45) is 2.64. The summed E-state index contributed by atoms with van der Waals surface area (Å²) in [5.74, 6) is 0.114. The van der Waals surface area contributed by atoms with Crippen LogP contribution in [0.5, 0.6) is 0 Å². The van der Waals surface area contributed by atoms with E-state index >= 15 is 0 Å². The van der Waals surface area contributed by atoms with E-state index in [-0.39, 0.29) is 18.3 Å². The third kappa shape index (κ3) is 5.84. The van der Waals surface area contributed by atoms with Crippen LogP contribution in [0.3, 0.4) is 0 Å². The monoisotopic (exact) mass is 268 g/mol. The van der Waals surface area contributed by atoms with Crippen LogP contribution in [0.15, 0.2) is 43.0 Å². The van der Waals surface area contributed by atoms with Gasteiger partial charge in [0.15, 0.2) is 0 Å². The zero-order valence-corrected chi connectivity index (χ0v) is 11.6. The topological polar surface area (TPSA) is 32.3 Å². The Labute approximate surface area is 115 Å². The normalized spacial score (nSPS) is 9.39. The Morgan fingerprint density at radius 3 is 2.61 bits per heavy atom. The van der Waals surface area contributed by atoms with Crippen LogP contribution < -0.4 is 5.32 Å². The van der Waals surface area contributed by atoms with Crippen molar-refractivity contribution in [3.8, 4) is 0 Å². The third-order valence-corrected chi connectivity index (χ3v) is 2.54. The highest BCUT2D eigenvalue weighted by molar-refractivity contribution is 5.85. The number of halogens is 1. The van der Waals surface area contributed by atoms with Gasteiger partial charge in [0.05, 0.1) is 6.54 Å². The second-order valence-corrected chi connectivity index (χ2v) is 3.89. The maximum absolute atomic E-state index is 11.8. The van der Waals surface area contributed by atoms with Crippen molar-refractivity contribution in [3.63, 3.8) is 0 Å². The van der Waals surface area contributed by atoms with Gasteiger partial charge in [-0.1, -0.05) is 36.4 Å². The van der Waals surface area contributed by atoms with Crippen LogP contribution in [0.4, 0.5) is 0 Å². The first kappa shape index (κ1) is 16.7. The summed E-state index contributed by atoms with van der Waals surface area (Å²) in [4.78, 5) is 13.6. The van der Waals surface area contributed by atoms with E-state index in [1.807, 2.05) is 23.1 Å². The van der Waals surface area contributed by atoms with Crippen molar-refractivity contribution in [1.29, 1.82) is 0 Å². The average molecular weight is 269 g/mol. The van der Waals surface area contributed by atoms with Gasteiger partial charge in [-0.2, -0.15) is 0 Å². The van der Waals surface area contributed by atoms with Crippen molar-refractivity contribution in [2.75, 3.05) is 26.7 Å². The van der Waals surface area contributed by atoms with Gasteiger partial charge < -0.3 is 10.2 Å². The van der Waals surface area contributed by atoms with E-state index in [2.05, 4.69) is 24.0 Å². The number of hydrogen-bond acceptors (Lipinski definition) is 2. The maximum Gasteiger partial charge on any atom is 0.236 e. The van der Waals surface area contributed by atoms with Gasteiger partial charge in [0, 0.05) is 13.1 Å². The third-order valence-electron chi connectivity index (χ3n) is 2.54. The predicted octanol–water partition coefficient (Wildman–Crippen LogP) is 1.88. The summed E-state index contributed by atoms with van der Waals surface area (Å²) in [7, 11) is 1.78. The summed E-state index contributed by atoms with van der Waals surface area (Å²) in [6.45, 7) is 5.40. The van der Waals surface area contributed by atoms with Gasteiger partial charge in [0.2, 0.25) is 5.91 Å². The lowest BCUT2D eigenvalue weighted by molar-refractivity contribution is -0.129. The minimum Gasteiger partial charge on any atom is -0.338 e. The van der Waals surface area contributed by atoms with Gasteiger partial charge in [0.1, 0.15) is 0 Å². The summed E-state index contributed by atoms with van der Waals surface area (Å²) in [5, 5.41) is 2.88. The molecule has 0 aliphatic heterocycles. The van der Waals surface area contributed by atoms with E-state index in [1.165, 1.54) is 5.56 Å². The Kier molecular flexibility index (Phi) is 8.97. The van der Waals surface area contributed by atoms with Crippen molar-refractivity contribution in [3.05, 3.63) is 48.6 Å². The van der Waals surface area contributed by atoms with E-state index in [0.29, 0.717) is 13.1 Å². The molecule has 0 aromatic heterocycles. The number of hydrogen-bond donors (Lipinski definition) is 1. The molecule has 0 fully saturated rings. The molecule has 1 amide bonds. The van der Waals surface area contributed by atoms with Gasteiger partial charge in [0.25, 0.3) is 0 Å². The van der Waals surface area contributed by atoms with Crippen molar-refractivity contribution in [1.82, 2.24) is 10.2 Å². The molecule has 1 rings (SSSR count). The molecule has 0 aliphatic rings. The number of likely N-dealkylation sites (N-methyl/N-ethyl adjacent to an activating group) is 1. The molecule has 3 nitrogen and oxygen atoms in total. The molecule has 0 bridgehead atoms. The molecule has 1 N–H and O–H groups in total. The zero-order valence-electron chi connectivity index (χ0n) is 10.8. The number of benzene rings is 1. The van der Waals surface area contributed by atoms with E-state index in [9.17, 15) is 4.79 Å². The van der Waals surface area contributed by atoms with E-state index in [1.54, 1.807) is 13.1 Å². The fraction of sp³-hybridized carbons (Fsp3) is 0.357. The fourth-order valence-corrected chi connectivity index (χ4v) is 1.65. The predicted molar refractivity (Wildman–Crippen MR) is 78.1 cm³/mol. The maximum atomic E-state index is 11.8. The lowest BCUT2D eigenvalue weighted by atomic mass is 10.1. The highest BCUT2D eigenvalue weighted by atomic mass is 35.5.